The number of ether oxygens (including phenoxy) is 1. The molecule has 0 bridgehead atoms. The van der Waals surface area contributed by atoms with Gasteiger partial charge in [0.15, 0.2) is 0 Å². The molecule has 0 aliphatic rings. The Balaban J connectivity index is 1.94. The molecule has 0 saturated heterocycles. The summed E-state index contributed by atoms with van der Waals surface area (Å²) < 4.78 is 11.0. The molecule has 1 atom stereocenters. The molecule has 27 heavy (non-hydrogen) atoms. The van der Waals surface area contributed by atoms with Gasteiger partial charge in [-0.25, -0.2) is 4.79 Å². The van der Waals surface area contributed by atoms with Crippen molar-refractivity contribution in [2.75, 3.05) is 6.61 Å². The molecule has 2 aromatic rings. The lowest BCUT2D eigenvalue weighted by Gasteiger charge is -2.20. The first-order valence-corrected chi connectivity index (χ1v) is 9.42. The maximum absolute atomic E-state index is 12.1. The van der Waals surface area contributed by atoms with Crippen LogP contribution in [0.1, 0.15) is 34.6 Å². The normalized spacial score (nSPS) is 12.3. The third-order valence-electron chi connectivity index (χ3n) is 3.19. The summed E-state index contributed by atoms with van der Waals surface area (Å²) in [5, 5.41) is 12.6. The number of amides is 3. The molecule has 1 aromatic heterocycles. The summed E-state index contributed by atoms with van der Waals surface area (Å²) in [5.74, 6) is 0.662. The van der Waals surface area contributed by atoms with Crippen LogP contribution in [0.3, 0.4) is 0 Å². The zero-order valence-corrected chi connectivity index (χ0v) is 16.8. The summed E-state index contributed by atoms with van der Waals surface area (Å²) in [4.78, 5) is 23.9. The van der Waals surface area contributed by atoms with E-state index in [0.29, 0.717) is 12.5 Å². The number of nitrogens with one attached hydrogen (secondary N) is 2. The zero-order chi connectivity index (χ0) is 20.0. The Morgan fingerprint density at radius 1 is 1.22 bits per heavy atom. The molecule has 146 valence electrons. The number of hydrogen-bond acceptors (Lipinski definition) is 7. The van der Waals surface area contributed by atoms with Gasteiger partial charge in [0.2, 0.25) is 11.8 Å². The van der Waals surface area contributed by atoms with Gasteiger partial charge in [-0.1, -0.05) is 11.8 Å². The van der Waals surface area contributed by atoms with E-state index in [1.165, 1.54) is 0 Å². The highest BCUT2D eigenvalue weighted by Crippen LogP contribution is 2.27. The Morgan fingerprint density at radius 2 is 1.89 bits per heavy atom. The fraction of sp³-hybridized carbons (Fsp3) is 0.444. The first-order chi connectivity index (χ1) is 12.7. The molecule has 8 nitrogen and oxygen atoms in total. The van der Waals surface area contributed by atoms with Crippen molar-refractivity contribution in [3.05, 3.63) is 24.3 Å². The van der Waals surface area contributed by atoms with Crippen molar-refractivity contribution >= 4 is 23.7 Å². The minimum atomic E-state index is -0.579. The van der Waals surface area contributed by atoms with Crippen LogP contribution in [-0.2, 0) is 4.79 Å². The number of urea groups is 1. The van der Waals surface area contributed by atoms with Crippen LogP contribution in [0.4, 0.5) is 4.79 Å². The second kappa shape index (κ2) is 8.90. The molecule has 0 fully saturated rings. The maximum atomic E-state index is 12.1. The van der Waals surface area contributed by atoms with E-state index in [-0.39, 0.29) is 5.22 Å². The third kappa shape index (κ3) is 6.59. The van der Waals surface area contributed by atoms with Gasteiger partial charge < -0.3 is 14.5 Å². The van der Waals surface area contributed by atoms with Crippen molar-refractivity contribution in [2.24, 2.45) is 0 Å². The monoisotopic (exact) mass is 392 g/mol. The highest BCUT2D eigenvalue weighted by Gasteiger charge is 2.22. The molecule has 0 saturated carbocycles. The second-order valence-corrected chi connectivity index (χ2v) is 8.08. The summed E-state index contributed by atoms with van der Waals surface area (Å²) in [7, 11) is 0. The molecule has 1 heterocycles. The molecule has 0 unspecified atom stereocenters. The minimum absolute atomic E-state index is 0.248. The Morgan fingerprint density at radius 3 is 2.48 bits per heavy atom. The molecule has 3 amide bonds. The average Bonchev–Trinajstić information content (AvgIpc) is 3.02. The largest absolute Gasteiger partial charge is 0.494 e. The molecule has 2 N–H and O–H groups in total. The van der Waals surface area contributed by atoms with E-state index in [1.54, 1.807) is 6.92 Å². The molecule has 9 heteroatoms. The van der Waals surface area contributed by atoms with E-state index in [2.05, 4.69) is 20.8 Å². The number of carbonyl (C=O) groups is 2. The van der Waals surface area contributed by atoms with Crippen LogP contribution in [0.25, 0.3) is 11.5 Å². The van der Waals surface area contributed by atoms with Gasteiger partial charge in [-0.2, -0.15) is 0 Å². The summed E-state index contributed by atoms with van der Waals surface area (Å²) in [6.45, 7) is 9.65. The van der Waals surface area contributed by atoms with Gasteiger partial charge in [0.05, 0.1) is 11.9 Å². The van der Waals surface area contributed by atoms with Crippen LogP contribution in [-0.4, -0.2) is 39.5 Å². The highest BCUT2D eigenvalue weighted by atomic mass is 32.2. The number of benzene rings is 1. The maximum Gasteiger partial charge on any atom is 0.321 e. The van der Waals surface area contributed by atoms with Gasteiger partial charge in [0.25, 0.3) is 5.22 Å². The fourth-order valence-corrected chi connectivity index (χ4v) is 2.71. The lowest BCUT2D eigenvalue weighted by Crippen LogP contribution is -2.49. The second-order valence-electron chi connectivity index (χ2n) is 6.78. The predicted octanol–water partition coefficient (Wildman–Crippen LogP) is 3.24. The van der Waals surface area contributed by atoms with E-state index in [4.69, 9.17) is 9.15 Å². The molecule has 0 spiro atoms. The van der Waals surface area contributed by atoms with Gasteiger partial charge in [0, 0.05) is 11.1 Å². The molecule has 2 rings (SSSR count). The van der Waals surface area contributed by atoms with Gasteiger partial charge in [-0.3, -0.25) is 10.1 Å². The lowest BCUT2D eigenvalue weighted by molar-refractivity contribution is -0.119. The van der Waals surface area contributed by atoms with Crippen LogP contribution >= 0.6 is 11.8 Å². The first-order valence-electron chi connectivity index (χ1n) is 8.54. The van der Waals surface area contributed by atoms with Crippen molar-refractivity contribution in [1.29, 1.82) is 0 Å². The number of rotatable bonds is 6. The van der Waals surface area contributed by atoms with E-state index in [9.17, 15) is 9.59 Å². The lowest BCUT2D eigenvalue weighted by atomic mass is 10.1. The Kier molecular flexibility index (Phi) is 6.84. The zero-order valence-electron chi connectivity index (χ0n) is 16.0. The fourth-order valence-electron chi connectivity index (χ4n) is 2.02. The SMILES string of the molecule is CCOc1ccc(-c2nnc(S[C@H](C)C(=O)NC(=O)NC(C)(C)C)o2)cc1. The van der Waals surface area contributed by atoms with Crippen LogP contribution in [0.2, 0.25) is 0 Å². The van der Waals surface area contributed by atoms with Gasteiger partial charge in [-0.05, 0) is 58.9 Å². The van der Waals surface area contributed by atoms with Crippen LogP contribution in [0.5, 0.6) is 5.75 Å². The predicted molar refractivity (Wildman–Crippen MR) is 103 cm³/mol. The summed E-state index contributed by atoms with van der Waals surface area (Å²) in [6, 6.07) is 6.74. The number of thioether (sulfide) groups is 1. The van der Waals surface area contributed by atoms with Gasteiger partial charge >= 0.3 is 6.03 Å². The number of nitrogens with zero attached hydrogens (tertiary/aromatic N) is 2. The first kappa shape index (κ1) is 20.8. The number of imide groups is 1. The van der Waals surface area contributed by atoms with Crippen LogP contribution < -0.4 is 15.4 Å². The quantitative estimate of drug-likeness (QED) is 0.727. The molecule has 0 aliphatic heterocycles. The van der Waals surface area contributed by atoms with Gasteiger partial charge in [-0.15, -0.1) is 10.2 Å². The summed E-state index contributed by atoms with van der Waals surface area (Å²) >= 11 is 1.08. The number of hydrogen-bond donors (Lipinski definition) is 2. The molecule has 0 aliphatic carbocycles. The standard InChI is InChI=1S/C18H24N4O4S/c1-6-25-13-9-7-12(8-10-13)15-21-22-17(26-15)27-11(2)14(23)19-16(24)20-18(3,4)5/h7-11H,6H2,1-5H3,(H2,19,20,23,24)/t11-/m1/s1. The van der Waals surface area contributed by atoms with Crippen LogP contribution in [0, 0.1) is 0 Å². The topological polar surface area (TPSA) is 106 Å². The summed E-state index contributed by atoms with van der Waals surface area (Å²) in [6.07, 6.45) is 0. The van der Waals surface area contributed by atoms with Crippen molar-refractivity contribution in [2.45, 2.75) is 50.6 Å². The van der Waals surface area contributed by atoms with E-state index in [0.717, 1.165) is 23.1 Å². The molecular formula is C18H24N4O4S. The smallest absolute Gasteiger partial charge is 0.321 e. The molecule has 1 aromatic carbocycles. The van der Waals surface area contributed by atoms with E-state index >= 15 is 0 Å². The summed E-state index contributed by atoms with van der Waals surface area (Å²) in [5.41, 5.74) is 0.319. The van der Waals surface area contributed by atoms with Crippen molar-refractivity contribution in [1.82, 2.24) is 20.8 Å². The Labute approximate surface area is 162 Å². The van der Waals surface area contributed by atoms with Gasteiger partial charge in [0.1, 0.15) is 5.75 Å². The highest BCUT2D eigenvalue weighted by molar-refractivity contribution is 8.00. The average molecular weight is 392 g/mol. The minimum Gasteiger partial charge on any atom is -0.494 e. The van der Waals surface area contributed by atoms with E-state index in [1.807, 2.05) is 52.0 Å². The van der Waals surface area contributed by atoms with E-state index < -0.39 is 22.7 Å². The van der Waals surface area contributed by atoms with Crippen molar-refractivity contribution < 1.29 is 18.7 Å². The number of aromatic nitrogens is 2. The Hall–Kier alpha value is -2.55. The molecular weight excluding hydrogens is 368 g/mol. The number of carbonyl (C=O) groups excluding carboxylic acids is 2. The third-order valence-corrected chi connectivity index (χ3v) is 4.13. The molecule has 0 radical (unpaired) electrons. The van der Waals surface area contributed by atoms with Crippen molar-refractivity contribution in [3.63, 3.8) is 0 Å². The Bertz CT molecular complexity index is 783. The van der Waals surface area contributed by atoms with Crippen molar-refractivity contribution in [3.8, 4) is 17.2 Å². The van der Waals surface area contributed by atoms with Crippen LogP contribution in [0.15, 0.2) is 33.9 Å².